The predicted molar refractivity (Wildman–Crippen MR) is 65.2 cm³/mol. The van der Waals surface area contributed by atoms with Crippen LogP contribution in [0.2, 0.25) is 0 Å². The molecule has 0 saturated heterocycles. The van der Waals surface area contributed by atoms with Crippen molar-refractivity contribution in [3.8, 4) is 11.4 Å². The van der Waals surface area contributed by atoms with Crippen molar-refractivity contribution in [3.05, 3.63) is 35.7 Å². The summed E-state index contributed by atoms with van der Waals surface area (Å²) in [6.45, 7) is 0. The topological polar surface area (TPSA) is 110 Å². The van der Waals surface area contributed by atoms with E-state index in [4.69, 9.17) is 9.63 Å². The van der Waals surface area contributed by atoms with E-state index in [1.807, 2.05) is 0 Å². The summed E-state index contributed by atoms with van der Waals surface area (Å²) in [4.78, 5) is 14.6. The Bertz CT molecular complexity index is 703. The summed E-state index contributed by atoms with van der Waals surface area (Å²) >= 11 is 0. The first kappa shape index (κ1) is 13.2. The SMILES string of the molecule is CS(=O)(=O)Cc1nc(-c2ccc(C(=O)O)cc2)no1. The van der Waals surface area contributed by atoms with E-state index in [0.717, 1.165) is 6.26 Å². The van der Waals surface area contributed by atoms with Crippen LogP contribution in [-0.4, -0.2) is 35.9 Å². The van der Waals surface area contributed by atoms with Crippen molar-refractivity contribution in [2.24, 2.45) is 0 Å². The van der Waals surface area contributed by atoms with Crippen LogP contribution in [0.3, 0.4) is 0 Å². The Labute approximate surface area is 108 Å². The summed E-state index contributed by atoms with van der Waals surface area (Å²) in [6, 6.07) is 5.87. The van der Waals surface area contributed by atoms with Crippen LogP contribution in [0, 0.1) is 0 Å². The molecule has 0 amide bonds. The Kier molecular flexibility index (Phi) is 3.34. The van der Waals surface area contributed by atoms with Crippen molar-refractivity contribution in [3.63, 3.8) is 0 Å². The number of rotatable bonds is 4. The van der Waals surface area contributed by atoms with Crippen molar-refractivity contribution in [1.82, 2.24) is 10.1 Å². The number of carboxylic acid groups (broad SMARTS) is 1. The molecule has 1 aromatic carbocycles. The minimum Gasteiger partial charge on any atom is -0.478 e. The standard InChI is InChI=1S/C11H10N2O5S/c1-19(16,17)6-9-12-10(13-18-9)7-2-4-8(5-3-7)11(14)15/h2-5H,6H2,1H3,(H,14,15). The van der Waals surface area contributed by atoms with E-state index in [2.05, 4.69) is 10.1 Å². The lowest BCUT2D eigenvalue weighted by Gasteiger charge is -1.95. The van der Waals surface area contributed by atoms with Crippen LogP contribution in [0.25, 0.3) is 11.4 Å². The monoisotopic (exact) mass is 282 g/mol. The number of carboxylic acids is 1. The Morgan fingerprint density at radius 2 is 1.95 bits per heavy atom. The fourth-order valence-corrected chi connectivity index (χ4v) is 1.98. The first-order valence-electron chi connectivity index (χ1n) is 5.19. The van der Waals surface area contributed by atoms with Crippen LogP contribution in [0.15, 0.2) is 28.8 Å². The molecule has 0 aliphatic heterocycles. The van der Waals surface area contributed by atoms with Gasteiger partial charge in [-0.3, -0.25) is 0 Å². The maximum Gasteiger partial charge on any atom is 0.335 e. The lowest BCUT2D eigenvalue weighted by molar-refractivity contribution is 0.0697. The lowest BCUT2D eigenvalue weighted by Crippen LogP contribution is -2.00. The zero-order chi connectivity index (χ0) is 14.0. The second-order valence-corrected chi connectivity index (χ2v) is 6.10. The molecule has 2 rings (SSSR count). The van der Waals surface area contributed by atoms with Crippen LogP contribution in [0.1, 0.15) is 16.2 Å². The highest BCUT2D eigenvalue weighted by Crippen LogP contribution is 2.17. The fourth-order valence-electron chi connectivity index (χ4n) is 1.42. The van der Waals surface area contributed by atoms with Crippen molar-refractivity contribution >= 4 is 15.8 Å². The van der Waals surface area contributed by atoms with Crippen LogP contribution in [0.5, 0.6) is 0 Å². The van der Waals surface area contributed by atoms with Gasteiger partial charge in [0, 0.05) is 11.8 Å². The number of nitrogens with zero attached hydrogens (tertiary/aromatic N) is 2. The molecule has 100 valence electrons. The molecular weight excluding hydrogens is 272 g/mol. The molecule has 0 fully saturated rings. The van der Waals surface area contributed by atoms with Crippen molar-refractivity contribution in [2.45, 2.75) is 5.75 Å². The minimum absolute atomic E-state index is 0.000175. The van der Waals surface area contributed by atoms with E-state index < -0.39 is 15.8 Å². The summed E-state index contributed by atoms with van der Waals surface area (Å²) in [5.74, 6) is -1.14. The van der Waals surface area contributed by atoms with Gasteiger partial charge in [0.1, 0.15) is 5.75 Å². The van der Waals surface area contributed by atoms with E-state index in [1.54, 1.807) is 0 Å². The lowest BCUT2D eigenvalue weighted by atomic mass is 10.1. The van der Waals surface area contributed by atoms with Gasteiger partial charge in [-0.05, 0) is 12.1 Å². The van der Waals surface area contributed by atoms with Crippen LogP contribution in [0.4, 0.5) is 0 Å². The van der Waals surface area contributed by atoms with Gasteiger partial charge in [0.2, 0.25) is 11.7 Å². The molecule has 0 aliphatic carbocycles. The number of aromatic nitrogens is 2. The Hall–Kier alpha value is -2.22. The van der Waals surface area contributed by atoms with Gasteiger partial charge < -0.3 is 9.63 Å². The number of carbonyl (C=O) groups is 1. The molecule has 0 saturated carbocycles. The highest BCUT2D eigenvalue weighted by atomic mass is 32.2. The van der Waals surface area contributed by atoms with Gasteiger partial charge in [-0.15, -0.1) is 0 Å². The highest BCUT2D eigenvalue weighted by molar-refractivity contribution is 7.89. The van der Waals surface area contributed by atoms with E-state index in [0.29, 0.717) is 5.56 Å². The van der Waals surface area contributed by atoms with Crippen molar-refractivity contribution in [2.75, 3.05) is 6.26 Å². The highest BCUT2D eigenvalue weighted by Gasteiger charge is 2.14. The Morgan fingerprint density at radius 1 is 1.32 bits per heavy atom. The predicted octanol–water partition coefficient (Wildman–Crippen LogP) is 0.979. The maximum atomic E-state index is 11.1. The average Bonchev–Trinajstić information content (AvgIpc) is 2.75. The summed E-state index contributed by atoms with van der Waals surface area (Å²) in [5.41, 5.74) is 0.692. The van der Waals surface area contributed by atoms with Gasteiger partial charge in [-0.1, -0.05) is 17.3 Å². The molecule has 0 atom stereocenters. The average molecular weight is 282 g/mol. The first-order chi connectivity index (χ1) is 8.85. The molecule has 1 N–H and O–H groups in total. The molecule has 0 spiro atoms. The number of aromatic carboxylic acids is 1. The van der Waals surface area contributed by atoms with Gasteiger partial charge in [-0.25, -0.2) is 13.2 Å². The number of hydrogen-bond acceptors (Lipinski definition) is 6. The van der Waals surface area contributed by atoms with Gasteiger partial charge in [0.25, 0.3) is 0 Å². The smallest absolute Gasteiger partial charge is 0.335 e. The van der Waals surface area contributed by atoms with Crippen molar-refractivity contribution < 1.29 is 22.8 Å². The number of benzene rings is 1. The van der Waals surface area contributed by atoms with Gasteiger partial charge in [-0.2, -0.15) is 4.98 Å². The summed E-state index contributed by atoms with van der Waals surface area (Å²) in [5, 5.41) is 12.4. The van der Waals surface area contributed by atoms with E-state index in [-0.39, 0.29) is 23.0 Å². The third kappa shape index (κ3) is 3.38. The normalized spacial score (nSPS) is 11.4. The molecule has 0 radical (unpaired) electrons. The second kappa shape index (κ2) is 4.81. The maximum absolute atomic E-state index is 11.1. The van der Waals surface area contributed by atoms with Gasteiger partial charge in [0.15, 0.2) is 9.84 Å². The second-order valence-electron chi connectivity index (χ2n) is 3.96. The third-order valence-corrected chi connectivity index (χ3v) is 3.02. The third-order valence-electron chi connectivity index (χ3n) is 2.24. The summed E-state index contributed by atoms with van der Waals surface area (Å²) in [6.07, 6.45) is 1.07. The van der Waals surface area contributed by atoms with Crippen LogP contribution >= 0.6 is 0 Å². The Balaban J connectivity index is 2.25. The van der Waals surface area contributed by atoms with Gasteiger partial charge >= 0.3 is 5.97 Å². The molecule has 0 bridgehead atoms. The van der Waals surface area contributed by atoms with Gasteiger partial charge in [0.05, 0.1) is 5.56 Å². The quantitative estimate of drug-likeness (QED) is 0.889. The Morgan fingerprint density at radius 3 is 2.47 bits per heavy atom. The van der Waals surface area contributed by atoms with E-state index in [9.17, 15) is 13.2 Å². The van der Waals surface area contributed by atoms with E-state index >= 15 is 0 Å². The molecule has 2 aromatic rings. The van der Waals surface area contributed by atoms with Crippen molar-refractivity contribution in [1.29, 1.82) is 0 Å². The van der Waals surface area contributed by atoms with Crippen LogP contribution < -0.4 is 0 Å². The number of sulfone groups is 1. The molecule has 8 heteroatoms. The molecule has 1 heterocycles. The summed E-state index contributed by atoms with van der Waals surface area (Å²) < 4.78 is 27.0. The van der Waals surface area contributed by atoms with Crippen LogP contribution in [-0.2, 0) is 15.6 Å². The molecule has 0 unspecified atom stereocenters. The largest absolute Gasteiger partial charge is 0.478 e. The molecule has 1 aromatic heterocycles. The first-order valence-corrected chi connectivity index (χ1v) is 7.25. The molecule has 7 nitrogen and oxygen atoms in total. The summed E-state index contributed by atoms with van der Waals surface area (Å²) in [7, 11) is -3.24. The zero-order valence-electron chi connectivity index (χ0n) is 9.90. The van der Waals surface area contributed by atoms with E-state index in [1.165, 1.54) is 24.3 Å². The fraction of sp³-hybridized carbons (Fsp3) is 0.182. The molecule has 19 heavy (non-hydrogen) atoms. The minimum atomic E-state index is -3.24. The zero-order valence-corrected chi connectivity index (χ0v) is 10.7. The molecule has 0 aliphatic rings. The molecular formula is C11H10N2O5S. The number of hydrogen-bond donors (Lipinski definition) is 1.